The van der Waals surface area contributed by atoms with Gasteiger partial charge in [-0.3, -0.25) is 4.79 Å². The molecule has 1 aromatic carbocycles. The number of amides is 1. The molecule has 0 aliphatic rings. The maximum atomic E-state index is 13.6. The number of rotatable bonds is 5. The van der Waals surface area contributed by atoms with E-state index in [1.165, 1.54) is 11.8 Å². The minimum absolute atomic E-state index is 0.0787. The highest BCUT2D eigenvalue weighted by Gasteiger charge is 2.19. The molecule has 0 spiro atoms. The van der Waals surface area contributed by atoms with Crippen LogP contribution in [-0.2, 0) is 6.54 Å². The number of nitrogens with one attached hydrogen (secondary N) is 1. The van der Waals surface area contributed by atoms with Crippen molar-refractivity contribution in [1.82, 2.24) is 0 Å². The molecular formula is C13H13F2N3OS2. The van der Waals surface area contributed by atoms with E-state index in [0.29, 0.717) is 15.6 Å². The van der Waals surface area contributed by atoms with Crippen LogP contribution in [0.15, 0.2) is 23.1 Å². The number of thioether (sulfide) groups is 1. The maximum Gasteiger partial charge on any atom is 0.261 e. The number of nitrogen functional groups attached to an aromatic ring is 1. The number of primary amides is 1. The Balaban J connectivity index is 2.25. The van der Waals surface area contributed by atoms with Crippen LogP contribution in [0, 0.1) is 11.6 Å². The predicted octanol–water partition coefficient (Wildman–Crippen LogP) is 3.04. The molecule has 0 atom stereocenters. The van der Waals surface area contributed by atoms with Crippen molar-refractivity contribution in [1.29, 1.82) is 0 Å². The van der Waals surface area contributed by atoms with Gasteiger partial charge in [0.1, 0.15) is 21.5 Å². The topological polar surface area (TPSA) is 81.1 Å². The summed E-state index contributed by atoms with van der Waals surface area (Å²) in [6, 6.07) is 3.24. The van der Waals surface area contributed by atoms with E-state index >= 15 is 0 Å². The van der Waals surface area contributed by atoms with Crippen LogP contribution in [0.4, 0.5) is 19.5 Å². The fraction of sp³-hybridized carbons (Fsp3) is 0.154. The largest absolute Gasteiger partial charge is 0.396 e. The molecule has 8 heteroatoms. The summed E-state index contributed by atoms with van der Waals surface area (Å²) in [6.45, 7) is 0.0787. The number of benzene rings is 1. The minimum atomic E-state index is -0.613. The molecule has 5 N–H and O–H groups in total. The van der Waals surface area contributed by atoms with Crippen molar-refractivity contribution in [3.8, 4) is 0 Å². The van der Waals surface area contributed by atoms with Gasteiger partial charge in [-0.15, -0.1) is 23.1 Å². The predicted molar refractivity (Wildman–Crippen MR) is 82.7 cm³/mol. The number of anilines is 2. The molecule has 0 unspecified atom stereocenters. The maximum absolute atomic E-state index is 13.6. The van der Waals surface area contributed by atoms with Gasteiger partial charge in [-0.25, -0.2) is 8.78 Å². The van der Waals surface area contributed by atoms with Crippen LogP contribution in [-0.4, -0.2) is 12.2 Å². The van der Waals surface area contributed by atoms with E-state index in [0.717, 1.165) is 29.5 Å². The Morgan fingerprint density at radius 1 is 1.43 bits per heavy atom. The van der Waals surface area contributed by atoms with Crippen LogP contribution in [0.2, 0.25) is 0 Å². The van der Waals surface area contributed by atoms with Gasteiger partial charge in [0.05, 0.1) is 10.6 Å². The van der Waals surface area contributed by atoms with Crippen LogP contribution in [0.5, 0.6) is 0 Å². The van der Waals surface area contributed by atoms with Gasteiger partial charge in [0, 0.05) is 12.1 Å². The third-order valence-corrected chi connectivity index (χ3v) is 4.91. The summed E-state index contributed by atoms with van der Waals surface area (Å²) in [6.07, 6.45) is 1.80. The first-order valence-electron chi connectivity index (χ1n) is 5.88. The molecule has 112 valence electrons. The highest BCUT2D eigenvalue weighted by atomic mass is 32.2. The second-order valence-electron chi connectivity index (χ2n) is 4.16. The Morgan fingerprint density at radius 3 is 2.76 bits per heavy atom. The van der Waals surface area contributed by atoms with Gasteiger partial charge in [0.25, 0.3) is 5.91 Å². The second-order valence-corrected chi connectivity index (χ2v) is 6.00. The Hall–Kier alpha value is -1.80. The van der Waals surface area contributed by atoms with Crippen molar-refractivity contribution >= 4 is 39.7 Å². The molecular weight excluding hydrogens is 316 g/mol. The Bertz CT molecular complexity index is 688. The summed E-state index contributed by atoms with van der Waals surface area (Å²) < 4.78 is 26.7. The fourth-order valence-electron chi connectivity index (χ4n) is 1.79. The average molecular weight is 329 g/mol. The lowest BCUT2D eigenvalue weighted by Crippen LogP contribution is -2.10. The van der Waals surface area contributed by atoms with E-state index in [4.69, 9.17) is 11.5 Å². The van der Waals surface area contributed by atoms with Gasteiger partial charge < -0.3 is 16.8 Å². The van der Waals surface area contributed by atoms with Crippen molar-refractivity contribution in [2.75, 3.05) is 17.3 Å². The van der Waals surface area contributed by atoms with Crippen LogP contribution in [0.3, 0.4) is 0 Å². The molecule has 0 bridgehead atoms. The van der Waals surface area contributed by atoms with E-state index in [2.05, 4.69) is 5.32 Å². The lowest BCUT2D eigenvalue weighted by atomic mass is 10.2. The highest BCUT2D eigenvalue weighted by molar-refractivity contribution is 7.99. The standard InChI is InChI=1S/C13H13F2N3OS2/c1-20-11-9(16)10(12(17)19)21-13(11)18-5-6-4-7(14)2-3-8(6)15/h2-4,18H,5,16H2,1H3,(H2,17,19). The first-order valence-corrected chi connectivity index (χ1v) is 7.92. The normalized spacial score (nSPS) is 10.6. The number of nitrogens with two attached hydrogens (primary N) is 2. The van der Waals surface area contributed by atoms with Gasteiger partial charge in [0.2, 0.25) is 0 Å². The van der Waals surface area contributed by atoms with E-state index in [1.807, 2.05) is 0 Å². The number of thiophene rings is 1. The summed E-state index contributed by atoms with van der Waals surface area (Å²) in [7, 11) is 0. The summed E-state index contributed by atoms with van der Waals surface area (Å²) in [4.78, 5) is 12.2. The van der Waals surface area contributed by atoms with Gasteiger partial charge >= 0.3 is 0 Å². The van der Waals surface area contributed by atoms with Gasteiger partial charge in [-0.1, -0.05) is 0 Å². The highest BCUT2D eigenvalue weighted by Crippen LogP contribution is 2.41. The Labute approximate surface area is 128 Å². The third-order valence-electron chi connectivity index (χ3n) is 2.77. The number of carbonyl (C=O) groups is 1. The lowest BCUT2D eigenvalue weighted by molar-refractivity contribution is 0.100. The molecule has 4 nitrogen and oxygen atoms in total. The molecule has 1 heterocycles. The zero-order valence-electron chi connectivity index (χ0n) is 11.1. The van der Waals surface area contributed by atoms with E-state index < -0.39 is 17.5 Å². The number of hydrogen-bond acceptors (Lipinski definition) is 5. The van der Waals surface area contributed by atoms with E-state index in [1.54, 1.807) is 6.26 Å². The van der Waals surface area contributed by atoms with Crippen molar-refractivity contribution < 1.29 is 13.6 Å². The number of carbonyl (C=O) groups excluding carboxylic acids is 1. The molecule has 0 saturated heterocycles. The van der Waals surface area contributed by atoms with Crippen LogP contribution in [0.25, 0.3) is 0 Å². The minimum Gasteiger partial charge on any atom is -0.396 e. The van der Waals surface area contributed by atoms with E-state index in [-0.39, 0.29) is 17.0 Å². The molecule has 0 aliphatic heterocycles. The molecule has 0 fully saturated rings. The third kappa shape index (κ3) is 3.27. The zero-order valence-corrected chi connectivity index (χ0v) is 12.7. The molecule has 1 aromatic heterocycles. The monoisotopic (exact) mass is 329 g/mol. The SMILES string of the molecule is CSc1c(NCc2cc(F)ccc2F)sc(C(N)=O)c1N. The van der Waals surface area contributed by atoms with Crippen molar-refractivity contribution in [2.24, 2.45) is 5.73 Å². The van der Waals surface area contributed by atoms with Gasteiger partial charge in [0.15, 0.2) is 0 Å². The smallest absolute Gasteiger partial charge is 0.261 e. The summed E-state index contributed by atoms with van der Waals surface area (Å²) in [5.74, 6) is -1.63. The van der Waals surface area contributed by atoms with Crippen LogP contribution >= 0.6 is 23.1 Å². The van der Waals surface area contributed by atoms with Crippen molar-refractivity contribution in [2.45, 2.75) is 11.4 Å². The summed E-state index contributed by atoms with van der Waals surface area (Å²) >= 11 is 2.45. The molecule has 2 rings (SSSR count). The van der Waals surface area contributed by atoms with Crippen LogP contribution < -0.4 is 16.8 Å². The van der Waals surface area contributed by atoms with Gasteiger partial charge in [-0.2, -0.15) is 0 Å². The Morgan fingerprint density at radius 2 is 2.14 bits per heavy atom. The van der Waals surface area contributed by atoms with Crippen molar-refractivity contribution in [3.05, 3.63) is 40.3 Å². The van der Waals surface area contributed by atoms with E-state index in [9.17, 15) is 13.6 Å². The second kappa shape index (κ2) is 6.31. The number of halogens is 2. The molecule has 1 amide bonds. The summed E-state index contributed by atoms with van der Waals surface area (Å²) in [5, 5.41) is 3.58. The quantitative estimate of drug-likeness (QED) is 0.737. The Kier molecular flexibility index (Phi) is 4.69. The average Bonchev–Trinajstić information content (AvgIpc) is 2.76. The molecule has 0 saturated carbocycles. The first kappa shape index (κ1) is 15.6. The molecule has 2 aromatic rings. The van der Waals surface area contributed by atoms with Crippen molar-refractivity contribution in [3.63, 3.8) is 0 Å². The van der Waals surface area contributed by atoms with Crippen LogP contribution in [0.1, 0.15) is 15.2 Å². The number of hydrogen-bond donors (Lipinski definition) is 3. The van der Waals surface area contributed by atoms with Gasteiger partial charge in [-0.05, 0) is 24.5 Å². The zero-order chi connectivity index (χ0) is 15.6. The molecule has 0 radical (unpaired) electrons. The summed E-state index contributed by atoms with van der Waals surface area (Å²) in [5.41, 5.74) is 11.6. The molecule has 21 heavy (non-hydrogen) atoms. The fourth-order valence-corrected chi connectivity index (χ4v) is 3.67. The lowest BCUT2D eigenvalue weighted by Gasteiger charge is -2.07. The molecule has 0 aliphatic carbocycles. The first-order chi connectivity index (χ1) is 9.93.